The highest BCUT2D eigenvalue weighted by molar-refractivity contribution is 7.13. The van der Waals surface area contributed by atoms with Gasteiger partial charge in [-0.05, 0) is 26.8 Å². The first-order chi connectivity index (χ1) is 13.0. The lowest BCUT2D eigenvalue weighted by atomic mass is 10.2. The van der Waals surface area contributed by atoms with Crippen LogP contribution in [0.15, 0.2) is 35.7 Å². The Labute approximate surface area is 159 Å². The second-order valence-electron chi connectivity index (χ2n) is 6.27. The van der Waals surface area contributed by atoms with Gasteiger partial charge in [0.25, 0.3) is 11.6 Å². The first-order valence-electron chi connectivity index (χ1n) is 8.39. The number of thiazole rings is 1. The number of benzene rings is 1. The summed E-state index contributed by atoms with van der Waals surface area (Å²) in [5.41, 5.74) is 4.61. The predicted octanol–water partition coefficient (Wildman–Crippen LogP) is 3.53. The monoisotopic (exact) mass is 379 g/mol. The Balaban J connectivity index is 1.47. The molecule has 0 aliphatic carbocycles. The molecule has 4 aromatic rings. The number of esters is 1. The van der Waals surface area contributed by atoms with Crippen molar-refractivity contribution in [3.8, 4) is 10.6 Å². The molecule has 0 radical (unpaired) electrons. The second-order valence-corrected chi connectivity index (χ2v) is 7.13. The number of carbonyl (C=O) groups excluding carboxylic acids is 1. The van der Waals surface area contributed by atoms with E-state index < -0.39 is 5.97 Å². The molecule has 0 spiro atoms. The molecule has 3 aromatic heterocycles. The van der Waals surface area contributed by atoms with Gasteiger partial charge >= 0.3 is 5.97 Å². The highest BCUT2D eigenvalue weighted by Gasteiger charge is 2.17. The molecule has 27 heavy (non-hydrogen) atoms. The molecule has 0 saturated heterocycles. The Kier molecular flexibility index (Phi) is 4.41. The van der Waals surface area contributed by atoms with Gasteiger partial charge in [-0.1, -0.05) is 29.8 Å². The first kappa shape index (κ1) is 17.3. The zero-order chi connectivity index (χ0) is 19.0. The van der Waals surface area contributed by atoms with Crippen molar-refractivity contribution in [3.63, 3.8) is 0 Å². The van der Waals surface area contributed by atoms with Crippen LogP contribution in [0.1, 0.15) is 33.3 Å². The number of carbonyl (C=O) groups is 1. The minimum Gasteiger partial charge on any atom is -0.453 e. The van der Waals surface area contributed by atoms with Crippen LogP contribution in [0.4, 0.5) is 0 Å². The lowest BCUT2D eigenvalue weighted by Crippen LogP contribution is -2.08. The van der Waals surface area contributed by atoms with E-state index in [4.69, 9.17) is 4.74 Å². The summed E-state index contributed by atoms with van der Waals surface area (Å²) in [6.45, 7) is 5.87. The van der Waals surface area contributed by atoms with E-state index in [0.29, 0.717) is 11.5 Å². The Bertz CT molecular complexity index is 1130. The molecule has 0 N–H and O–H groups in total. The van der Waals surface area contributed by atoms with Crippen molar-refractivity contribution < 1.29 is 9.53 Å². The van der Waals surface area contributed by atoms with E-state index in [1.165, 1.54) is 21.4 Å². The van der Waals surface area contributed by atoms with Crippen LogP contribution in [-0.2, 0) is 11.3 Å². The molecule has 0 unspecified atom stereocenters. The molecule has 0 amide bonds. The van der Waals surface area contributed by atoms with Crippen molar-refractivity contribution >= 4 is 23.1 Å². The van der Waals surface area contributed by atoms with Crippen molar-refractivity contribution in [3.05, 3.63) is 64.2 Å². The zero-order valence-corrected chi connectivity index (χ0v) is 15.9. The van der Waals surface area contributed by atoms with E-state index in [1.807, 2.05) is 56.5 Å². The van der Waals surface area contributed by atoms with Gasteiger partial charge in [0.05, 0.1) is 5.69 Å². The van der Waals surface area contributed by atoms with Crippen LogP contribution in [0.2, 0.25) is 0 Å². The zero-order valence-electron chi connectivity index (χ0n) is 15.1. The summed E-state index contributed by atoms with van der Waals surface area (Å²) in [4.78, 5) is 25.2. The van der Waals surface area contributed by atoms with Crippen molar-refractivity contribution in [1.82, 2.24) is 24.6 Å². The molecule has 4 rings (SSSR count). The van der Waals surface area contributed by atoms with Crippen LogP contribution in [0.3, 0.4) is 0 Å². The number of rotatable bonds is 4. The van der Waals surface area contributed by atoms with Crippen molar-refractivity contribution in [1.29, 1.82) is 0 Å². The summed E-state index contributed by atoms with van der Waals surface area (Å²) >= 11 is 1.52. The van der Waals surface area contributed by atoms with Crippen LogP contribution in [-0.4, -0.2) is 30.5 Å². The van der Waals surface area contributed by atoms with E-state index in [-0.39, 0.29) is 12.4 Å². The molecule has 8 heteroatoms. The molecular weight excluding hydrogens is 362 g/mol. The van der Waals surface area contributed by atoms with Gasteiger partial charge in [0, 0.05) is 22.3 Å². The average Bonchev–Trinajstić information content (AvgIpc) is 3.27. The fraction of sp³-hybridized carbons (Fsp3) is 0.211. The van der Waals surface area contributed by atoms with E-state index in [1.54, 1.807) is 0 Å². The molecule has 0 aliphatic rings. The number of aromatic nitrogens is 5. The number of ether oxygens (including phenoxy) is 1. The summed E-state index contributed by atoms with van der Waals surface area (Å²) in [6.07, 6.45) is 0. The summed E-state index contributed by atoms with van der Waals surface area (Å²) < 4.78 is 6.85. The van der Waals surface area contributed by atoms with Crippen molar-refractivity contribution in [2.45, 2.75) is 27.4 Å². The first-order valence-corrected chi connectivity index (χ1v) is 9.27. The van der Waals surface area contributed by atoms with E-state index in [2.05, 4.69) is 20.1 Å². The molecule has 0 fully saturated rings. The van der Waals surface area contributed by atoms with Crippen LogP contribution in [0.5, 0.6) is 0 Å². The van der Waals surface area contributed by atoms with Gasteiger partial charge in [0.1, 0.15) is 11.6 Å². The van der Waals surface area contributed by atoms with Gasteiger partial charge in [-0.2, -0.15) is 4.98 Å². The highest BCUT2D eigenvalue weighted by Crippen LogP contribution is 2.24. The molecule has 3 heterocycles. The van der Waals surface area contributed by atoms with Crippen molar-refractivity contribution in [2.75, 3.05) is 0 Å². The molecular formula is C19H17N5O2S. The van der Waals surface area contributed by atoms with Crippen LogP contribution < -0.4 is 0 Å². The Morgan fingerprint density at radius 3 is 2.67 bits per heavy atom. The highest BCUT2D eigenvalue weighted by atomic mass is 32.1. The number of nitrogens with zero attached hydrogens (tertiary/aromatic N) is 5. The Hall–Kier alpha value is -3.13. The summed E-state index contributed by atoms with van der Waals surface area (Å²) in [7, 11) is 0. The second kappa shape index (κ2) is 6.88. The van der Waals surface area contributed by atoms with E-state index in [0.717, 1.165) is 22.0 Å². The van der Waals surface area contributed by atoms with E-state index >= 15 is 0 Å². The third-order valence-electron chi connectivity index (χ3n) is 4.00. The minimum atomic E-state index is -0.595. The third kappa shape index (κ3) is 3.56. The fourth-order valence-electron chi connectivity index (χ4n) is 2.66. The van der Waals surface area contributed by atoms with Gasteiger partial charge < -0.3 is 4.74 Å². The smallest absolute Gasteiger partial charge is 0.378 e. The molecule has 1 aromatic carbocycles. The SMILES string of the molecule is Cc1ccc(-c2nc(COC(=O)c3nc4nc(C)cc(C)n4n3)cs2)cc1. The molecule has 0 bridgehead atoms. The maximum absolute atomic E-state index is 12.3. The maximum atomic E-state index is 12.3. The van der Waals surface area contributed by atoms with Crippen molar-refractivity contribution in [2.24, 2.45) is 0 Å². The van der Waals surface area contributed by atoms with Gasteiger partial charge in [-0.3, -0.25) is 0 Å². The summed E-state index contributed by atoms with van der Waals surface area (Å²) in [5.74, 6) is -0.220. The Morgan fingerprint density at radius 2 is 1.89 bits per heavy atom. The van der Waals surface area contributed by atoms with E-state index in [9.17, 15) is 4.79 Å². The number of hydrogen-bond donors (Lipinski definition) is 0. The number of fused-ring (bicyclic) bond motifs is 1. The molecule has 0 saturated carbocycles. The molecule has 0 aliphatic heterocycles. The van der Waals surface area contributed by atoms with Gasteiger partial charge in [0.2, 0.25) is 0 Å². The summed E-state index contributed by atoms with van der Waals surface area (Å²) in [5, 5.41) is 6.95. The summed E-state index contributed by atoms with van der Waals surface area (Å²) in [6, 6.07) is 10.0. The minimum absolute atomic E-state index is 0.00909. The van der Waals surface area contributed by atoms with Crippen LogP contribution >= 0.6 is 11.3 Å². The van der Waals surface area contributed by atoms with Gasteiger partial charge in [-0.15, -0.1) is 16.4 Å². The quantitative estimate of drug-likeness (QED) is 0.505. The molecule has 136 valence electrons. The van der Waals surface area contributed by atoms with Crippen LogP contribution in [0.25, 0.3) is 16.3 Å². The topological polar surface area (TPSA) is 82.3 Å². The molecule has 0 atom stereocenters. The lowest BCUT2D eigenvalue weighted by Gasteiger charge is -1.99. The lowest BCUT2D eigenvalue weighted by molar-refractivity contribution is 0.0454. The fourth-order valence-corrected chi connectivity index (χ4v) is 3.47. The normalized spacial score (nSPS) is 11.1. The largest absolute Gasteiger partial charge is 0.453 e. The standard InChI is InChI=1S/C19H17N5O2S/c1-11-4-6-14(7-5-11)17-21-15(10-27-17)9-26-18(25)16-22-19-20-12(2)8-13(3)24(19)23-16/h4-8,10H,9H2,1-3H3. The number of aryl methyl sites for hydroxylation is 3. The predicted molar refractivity (Wildman–Crippen MR) is 102 cm³/mol. The van der Waals surface area contributed by atoms with Gasteiger partial charge in [0.15, 0.2) is 0 Å². The van der Waals surface area contributed by atoms with Crippen LogP contribution in [0, 0.1) is 20.8 Å². The maximum Gasteiger partial charge on any atom is 0.378 e. The average molecular weight is 379 g/mol. The third-order valence-corrected chi connectivity index (χ3v) is 4.94. The Morgan fingerprint density at radius 1 is 1.11 bits per heavy atom. The molecule has 7 nitrogen and oxygen atoms in total. The van der Waals surface area contributed by atoms with Gasteiger partial charge in [-0.25, -0.2) is 19.3 Å². The number of hydrogen-bond acceptors (Lipinski definition) is 7.